The number of amides is 2. The predicted molar refractivity (Wildman–Crippen MR) is 286 cm³/mol. The molecule has 3 saturated heterocycles. The molecule has 4 aromatic rings. The number of hydrogen-bond acceptors (Lipinski definition) is 13. The summed E-state index contributed by atoms with van der Waals surface area (Å²) in [5.41, 5.74) is 10.00. The molecule has 0 spiro atoms. The number of piperidine rings is 1. The van der Waals surface area contributed by atoms with E-state index in [1.807, 2.05) is 38.4 Å². The van der Waals surface area contributed by atoms with Crippen molar-refractivity contribution in [2.45, 2.75) is 149 Å². The van der Waals surface area contributed by atoms with Gasteiger partial charge in [0.25, 0.3) is 6.43 Å². The van der Waals surface area contributed by atoms with Gasteiger partial charge in [-0.2, -0.15) is 0 Å². The lowest BCUT2D eigenvalue weighted by Crippen LogP contribution is -2.58. The summed E-state index contributed by atoms with van der Waals surface area (Å²) in [5, 5.41) is 7.94. The second-order valence-corrected chi connectivity index (χ2v) is 24.8. The molecular formula is C58H79F2N7O8S. The molecule has 1 aromatic carbocycles. The smallest absolute Gasteiger partial charge is 0.324 e. The highest BCUT2D eigenvalue weighted by atomic mass is 32.1. The van der Waals surface area contributed by atoms with Gasteiger partial charge in [-0.05, 0) is 125 Å². The summed E-state index contributed by atoms with van der Waals surface area (Å²) in [6.45, 7) is 20.5. The molecule has 5 fully saturated rings. The van der Waals surface area contributed by atoms with Crippen LogP contribution in [0.4, 0.5) is 8.78 Å². The fourth-order valence-corrected chi connectivity index (χ4v) is 14.0. The minimum Gasteiger partial charge on any atom is -0.464 e. The highest BCUT2D eigenvalue weighted by Crippen LogP contribution is 2.53. The van der Waals surface area contributed by atoms with Crippen LogP contribution in [-0.2, 0) is 51.0 Å². The maximum atomic E-state index is 15.1. The van der Waals surface area contributed by atoms with E-state index in [4.69, 9.17) is 33.7 Å². The number of morpholine rings is 1. The lowest BCUT2D eigenvalue weighted by atomic mass is 9.82. The number of nitrogens with one attached hydrogen (secondary N) is 2. The van der Waals surface area contributed by atoms with Gasteiger partial charge in [-0.3, -0.25) is 29.3 Å². The topological polar surface area (TPSA) is 159 Å². The summed E-state index contributed by atoms with van der Waals surface area (Å²) >= 11 is 1.27. The zero-order chi connectivity index (χ0) is 53.7. The van der Waals surface area contributed by atoms with E-state index in [0.29, 0.717) is 61.5 Å². The van der Waals surface area contributed by atoms with Crippen LogP contribution >= 0.6 is 11.3 Å². The van der Waals surface area contributed by atoms with E-state index >= 15 is 4.79 Å². The highest BCUT2D eigenvalue weighted by molar-refractivity contribution is 7.10. The highest BCUT2D eigenvalue weighted by Gasteiger charge is 2.57. The average molecular weight is 1070 g/mol. The van der Waals surface area contributed by atoms with E-state index in [1.54, 1.807) is 7.11 Å². The second-order valence-electron chi connectivity index (χ2n) is 23.9. The lowest BCUT2D eigenvalue weighted by Gasteiger charge is -2.42. The number of aromatic nitrogens is 3. The third-order valence-electron chi connectivity index (χ3n) is 17.2. The van der Waals surface area contributed by atoms with Gasteiger partial charge in [-0.15, -0.1) is 11.3 Å². The van der Waals surface area contributed by atoms with Gasteiger partial charge in [0, 0.05) is 83.8 Å². The van der Waals surface area contributed by atoms with Gasteiger partial charge in [0.05, 0.1) is 61.6 Å². The number of benzene rings is 1. The van der Waals surface area contributed by atoms with Gasteiger partial charge in [0.1, 0.15) is 23.8 Å². The van der Waals surface area contributed by atoms with Crippen LogP contribution in [-0.4, -0.2) is 133 Å². The average Bonchev–Trinajstić information content (AvgIpc) is 4.23. The second kappa shape index (κ2) is 22.7. The third kappa shape index (κ3) is 11.5. The molecule has 2 saturated carbocycles. The number of cyclic esters (lactones) is 1. The number of fused-ring (bicyclic) bond motifs is 7. The van der Waals surface area contributed by atoms with E-state index < -0.39 is 54.3 Å². The number of halogens is 2. The Morgan fingerprint density at radius 1 is 1.07 bits per heavy atom. The Hall–Kier alpha value is -4.43. The maximum absolute atomic E-state index is 15.1. The van der Waals surface area contributed by atoms with E-state index in [2.05, 4.69) is 73.0 Å². The molecule has 6 aliphatic rings. The molecule has 2 aliphatic carbocycles. The lowest BCUT2D eigenvalue weighted by molar-refractivity contribution is -0.158. The number of nitrogens with zero attached hydrogens (tertiary/aromatic N) is 5. The summed E-state index contributed by atoms with van der Waals surface area (Å²) in [4.78, 5) is 56.1. The van der Waals surface area contributed by atoms with Gasteiger partial charge >= 0.3 is 5.97 Å². The van der Waals surface area contributed by atoms with E-state index in [-0.39, 0.29) is 61.0 Å². The van der Waals surface area contributed by atoms with Crippen molar-refractivity contribution in [3.8, 4) is 22.5 Å². The first kappa shape index (κ1) is 54.9. The quantitative estimate of drug-likeness (QED) is 0.109. The Morgan fingerprint density at radius 3 is 2.63 bits per heavy atom. The maximum Gasteiger partial charge on any atom is 0.324 e. The van der Waals surface area contributed by atoms with Crippen molar-refractivity contribution in [2.24, 2.45) is 40.9 Å². The molecule has 2 amide bonds. The molecule has 76 heavy (non-hydrogen) atoms. The Kier molecular flexibility index (Phi) is 16.4. The molecule has 3 unspecified atom stereocenters. The molecule has 2 N–H and O–H groups in total. The molecule has 10 rings (SSSR count). The molecule has 414 valence electrons. The molecule has 6 bridgehead atoms. The van der Waals surface area contributed by atoms with Crippen molar-refractivity contribution >= 4 is 40.0 Å². The zero-order valence-corrected chi connectivity index (χ0v) is 46.6. The van der Waals surface area contributed by atoms with Gasteiger partial charge in [-0.25, -0.2) is 19.2 Å². The number of carbonyl (C=O) groups excluding carboxylic acids is 3. The predicted octanol–water partition coefficient (Wildman–Crippen LogP) is 9.14. The van der Waals surface area contributed by atoms with E-state index in [0.717, 1.165) is 78.1 Å². The fourth-order valence-electron chi connectivity index (χ4n) is 13.1. The van der Waals surface area contributed by atoms with E-state index in [9.17, 15) is 18.4 Å². The van der Waals surface area contributed by atoms with Crippen LogP contribution in [0.1, 0.15) is 127 Å². The van der Waals surface area contributed by atoms with Crippen molar-refractivity contribution in [3.05, 3.63) is 57.7 Å². The Morgan fingerprint density at radius 2 is 1.88 bits per heavy atom. The van der Waals surface area contributed by atoms with Crippen LogP contribution in [0.3, 0.4) is 0 Å². The number of alkyl halides is 2. The van der Waals surface area contributed by atoms with Crippen LogP contribution in [0.2, 0.25) is 0 Å². The van der Waals surface area contributed by atoms with Crippen molar-refractivity contribution in [1.82, 2.24) is 35.2 Å². The van der Waals surface area contributed by atoms with Gasteiger partial charge < -0.3 is 33.6 Å². The van der Waals surface area contributed by atoms with Crippen molar-refractivity contribution in [3.63, 3.8) is 0 Å². The largest absolute Gasteiger partial charge is 0.464 e. The SMILES string of the molecule is CO[C@@H](C)c1ncc([C@@H]2CCN3CCOCC3C2)cc1-c1c2c3cc(ccc3n1CCOC(C)C)-c1csc(n1)[C@@H](OCC(F)F)C([C@H]1CC1NC(=O)[C@@H]1[C@@H](C)[C@H]1C(C)C)C(=O)N1CCC[C@H](N1)C(=O)OCC(C)(C)C2. The van der Waals surface area contributed by atoms with Crippen molar-refractivity contribution in [1.29, 1.82) is 0 Å². The first-order valence-electron chi connectivity index (χ1n) is 27.9. The molecule has 4 aliphatic heterocycles. The molecule has 15 nitrogen and oxygen atoms in total. The number of esters is 1. The third-order valence-corrected chi connectivity index (χ3v) is 18.1. The normalized spacial score (nSPS) is 29.4. The summed E-state index contributed by atoms with van der Waals surface area (Å²) < 4.78 is 61.7. The number of pyridine rings is 1. The van der Waals surface area contributed by atoms with Gasteiger partial charge in [0.15, 0.2) is 0 Å². The molecule has 0 radical (unpaired) electrons. The number of hydrazine groups is 1. The number of carbonyl (C=O) groups is 3. The van der Waals surface area contributed by atoms with Crippen LogP contribution in [0.25, 0.3) is 33.4 Å². The molecule has 7 heterocycles. The van der Waals surface area contributed by atoms with Gasteiger partial charge in [0.2, 0.25) is 11.8 Å². The summed E-state index contributed by atoms with van der Waals surface area (Å²) in [6, 6.07) is 7.80. The van der Waals surface area contributed by atoms with Crippen LogP contribution < -0.4 is 10.7 Å². The Labute approximate surface area is 450 Å². The number of hydrogen-bond donors (Lipinski definition) is 2. The fraction of sp³-hybridized carbons (Fsp3) is 0.672. The molecular weight excluding hydrogens is 993 g/mol. The standard InChI is InChI=1S/C58H79F2N7O8S/c1-31(2)48-33(5)49(48)54(68)62-44-24-40(44)50-53(74-28-47(59)60)55-63-45(29-76-55)36-12-13-46-39(22-36)42(25-58(7,8)30-75-57(70)43-11-10-15-67(64-43)56(50)69)52(66(46)18-20-73-32(3)4)41-23-37(26-61-51(41)34(6)71-9)35-14-16-65-17-19-72-27-38(65)21-35/h12-13,22-23,26,29,31-35,38,40,43-44,47-50,53,64H,10-11,14-21,24-25,27-28,30H2,1-9H3,(H,62,68)/t33-,34-,35+,38?,40-,43-,44?,48+,49+,50?,53-/m0/s1. The number of ether oxygens (including phenoxy) is 5. The first-order valence-corrected chi connectivity index (χ1v) is 28.8. The van der Waals surface area contributed by atoms with Crippen LogP contribution in [0.15, 0.2) is 35.8 Å². The molecule has 11 atom stereocenters. The Bertz CT molecular complexity index is 2750. The monoisotopic (exact) mass is 1070 g/mol. The zero-order valence-electron chi connectivity index (χ0n) is 45.8. The first-order chi connectivity index (χ1) is 36.4. The minimum absolute atomic E-state index is 0.00582. The molecule has 3 aromatic heterocycles. The van der Waals surface area contributed by atoms with Crippen molar-refractivity contribution in [2.75, 3.05) is 59.8 Å². The number of methoxy groups -OCH3 is 1. The summed E-state index contributed by atoms with van der Waals surface area (Å²) in [7, 11) is 1.71. The number of thiazole rings is 1. The summed E-state index contributed by atoms with van der Waals surface area (Å²) in [5.74, 6) is -1.32. The van der Waals surface area contributed by atoms with Crippen LogP contribution in [0.5, 0.6) is 0 Å². The van der Waals surface area contributed by atoms with Gasteiger partial charge in [-0.1, -0.05) is 40.7 Å². The number of rotatable bonds is 15. The van der Waals surface area contributed by atoms with Crippen molar-refractivity contribution < 1.29 is 46.8 Å². The Balaban J connectivity index is 1.10. The molecule has 18 heteroatoms. The van der Waals surface area contributed by atoms with Crippen LogP contribution in [0, 0.1) is 40.9 Å². The minimum atomic E-state index is -2.81. The van der Waals surface area contributed by atoms with E-state index in [1.165, 1.54) is 21.9 Å². The summed E-state index contributed by atoms with van der Waals surface area (Å²) in [6.07, 6.45) is 1.61.